The third-order valence-corrected chi connectivity index (χ3v) is 4.02. The van der Waals surface area contributed by atoms with E-state index in [4.69, 9.17) is 5.21 Å². The van der Waals surface area contributed by atoms with Crippen LogP contribution < -0.4 is 16.1 Å². The third-order valence-electron chi connectivity index (χ3n) is 2.76. The highest BCUT2D eigenvalue weighted by Crippen LogP contribution is 2.23. The summed E-state index contributed by atoms with van der Waals surface area (Å²) in [6.07, 6.45) is 0. The highest BCUT2D eigenvalue weighted by atomic mass is 32.1. The number of carbonyl (C=O) groups is 2. The van der Waals surface area contributed by atoms with Crippen molar-refractivity contribution in [2.24, 2.45) is 0 Å². The van der Waals surface area contributed by atoms with Gasteiger partial charge in [0.2, 0.25) is 0 Å². The standard InChI is InChI=1S/C14H15N3O3S/c1-9(11-7-8-12(21-11)13(18)17-20)15-14(19)16-10-5-3-2-4-6-10/h2-9,20H,1H3,(H,17,18)(H2,15,16,19). The Kier molecular flexibility index (Phi) is 4.91. The highest BCUT2D eigenvalue weighted by molar-refractivity contribution is 7.14. The summed E-state index contributed by atoms with van der Waals surface area (Å²) in [5.74, 6) is -0.563. The molecule has 0 aliphatic heterocycles. The molecule has 0 spiro atoms. The van der Waals surface area contributed by atoms with Crippen LogP contribution in [-0.4, -0.2) is 17.1 Å². The van der Waals surface area contributed by atoms with Gasteiger partial charge in [-0.1, -0.05) is 18.2 Å². The van der Waals surface area contributed by atoms with Crippen molar-refractivity contribution in [1.82, 2.24) is 10.8 Å². The van der Waals surface area contributed by atoms with E-state index in [9.17, 15) is 9.59 Å². The molecule has 110 valence electrons. The Labute approximate surface area is 125 Å². The maximum atomic E-state index is 11.9. The molecule has 0 radical (unpaired) electrons. The normalized spacial score (nSPS) is 11.5. The van der Waals surface area contributed by atoms with E-state index in [1.165, 1.54) is 11.3 Å². The minimum absolute atomic E-state index is 0.251. The fourth-order valence-corrected chi connectivity index (χ4v) is 2.62. The second-order valence-corrected chi connectivity index (χ2v) is 5.44. The summed E-state index contributed by atoms with van der Waals surface area (Å²) in [6, 6.07) is 11.9. The van der Waals surface area contributed by atoms with Gasteiger partial charge in [-0.3, -0.25) is 10.0 Å². The van der Waals surface area contributed by atoms with Gasteiger partial charge in [0, 0.05) is 10.6 Å². The SMILES string of the molecule is CC(NC(=O)Nc1ccccc1)c1ccc(C(=O)NO)s1. The largest absolute Gasteiger partial charge is 0.331 e. The Bertz CT molecular complexity index is 627. The average molecular weight is 305 g/mol. The Hall–Kier alpha value is -2.38. The smallest absolute Gasteiger partial charge is 0.319 e. The van der Waals surface area contributed by atoms with Crippen molar-refractivity contribution in [3.63, 3.8) is 0 Å². The van der Waals surface area contributed by atoms with Crippen LogP contribution in [0.25, 0.3) is 0 Å². The minimum Gasteiger partial charge on any atom is -0.331 e. The first kappa shape index (κ1) is 15.0. The van der Waals surface area contributed by atoms with E-state index >= 15 is 0 Å². The number of urea groups is 1. The molecule has 1 aromatic carbocycles. The number of carbonyl (C=O) groups excluding carboxylic acids is 2. The first-order valence-electron chi connectivity index (χ1n) is 6.27. The summed E-state index contributed by atoms with van der Waals surface area (Å²) >= 11 is 1.21. The van der Waals surface area contributed by atoms with Crippen LogP contribution in [0.4, 0.5) is 10.5 Å². The first-order chi connectivity index (χ1) is 10.1. The molecule has 1 unspecified atom stereocenters. The predicted molar refractivity (Wildman–Crippen MR) is 80.6 cm³/mol. The Morgan fingerprint density at radius 3 is 2.52 bits per heavy atom. The zero-order valence-electron chi connectivity index (χ0n) is 11.3. The van der Waals surface area contributed by atoms with Crippen LogP contribution in [0.5, 0.6) is 0 Å². The van der Waals surface area contributed by atoms with Crippen LogP contribution in [0.15, 0.2) is 42.5 Å². The summed E-state index contributed by atoms with van der Waals surface area (Å²) in [6.45, 7) is 1.82. The van der Waals surface area contributed by atoms with Crippen LogP contribution in [0.2, 0.25) is 0 Å². The number of rotatable bonds is 4. The molecule has 0 saturated heterocycles. The van der Waals surface area contributed by atoms with Crippen LogP contribution in [0, 0.1) is 0 Å². The second-order valence-electron chi connectivity index (χ2n) is 4.33. The zero-order valence-corrected chi connectivity index (χ0v) is 12.1. The first-order valence-corrected chi connectivity index (χ1v) is 7.08. The summed E-state index contributed by atoms with van der Waals surface area (Å²) in [7, 11) is 0. The van der Waals surface area contributed by atoms with Gasteiger partial charge in [-0.15, -0.1) is 11.3 Å². The average Bonchev–Trinajstić information content (AvgIpc) is 2.97. The maximum Gasteiger partial charge on any atom is 0.319 e. The van der Waals surface area contributed by atoms with Crippen molar-refractivity contribution in [2.45, 2.75) is 13.0 Å². The molecule has 4 N–H and O–H groups in total. The molecule has 3 amide bonds. The summed E-state index contributed by atoms with van der Waals surface area (Å²) in [5.41, 5.74) is 2.28. The van der Waals surface area contributed by atoms with Crippen molar-refractivity contribution in [1.29, 1.82) is 0 Å². The van der Waals surface area contributed by atoms with Gasteiger partial charge in [-0.25, -0.2) is 10.3 Å². The summed E-state index contributed by atoms with van der Waals surface area (Å²) in [4.78, 5) is 24.3. The van der Waals surface area contributed by atoms with Crippen LogP contribution in [-0.2, 0) is 0 Å². The third kappa shape index (κ3) is 4.04. The number of para-hydroxylation sites is 1. The van der Waals surface area contributed by atoms with Crippen LogP contribution >= 0.6 is 11.3 Å². The number of amides is 3. The van der Waals surface area contributed by atoms with Crippen molar-refractivity contribution < 1.29 is 14.8 Å². The molecule has 1 heterocycles. The molecule has 1 atom stereocenters. The van der Waals surface area contributed by atoms with E-state index < -0.39 is 5.91 Å². The molecule has 0 bridgehead atoms. The van der Waals surface area contributed by atoms with Gasteiger partial charge in [0.1, 0.15) is 0 Å². The minimum atomic E-state index is -0.563. The monoisotopic (exact) mass is 305 g/mol. The molecule has 0 saturated carbocycles. The molecule has 21 heavy (non-hydrogen) atoms. The fourth-order valence-electron chi connectivity index (χ4n) is 1.72. The lowest BCUT2D eigenvalue weighted by Crippen LogP contribution is -2.30. The van der Waals surface area contributed by atoms with Gasteiger partial charge in [0.15, 0.2) is 0 Å². The number of anilines is 1. The van der Waals surface area contributed by atoms with Crippen molar-refractivity contribution in [2.75, 3.05) is 5.32 Å². The molecule has 0 aliphatic carbocycles. The predicted octanol–water partition coefficient (Wildman–Crippen LogP) is 2.75. The number of benzene rings is 1. The van der Waals surface area contributed by atoms with E-state index in [-0.39, 0.29) is 12.1 Å². The van der Waals surface area contributed by atoms with Gasteiger partial charge >= 0.3 is 6.03 Å². The van der Waals surface area contributed by atoms with Crippen molar-refractivity contribution in [3.8, 4) is 0 Å². The Morgan fingerprint density at radius 1 is 1.14 bits per heavy atom. The summed E-state index contributed by atoms with van der Waals surface area (Å²) in [5, 5.41) is 14.1. The molecule has 7 heteroatoms. The maximum absolute atomic E-state index is 11.9. The number of nitrogens with one attached hydrogen (secondary N) is 3. The molecule has 1 aromatic heterocycles. The number of hydrogen-bond acceptors (Lipinski definition) is 4. The van der Waals surface area contributed by atoms with Crippen molar-refractivity contribution in [3.05, 3.63) is 52.2 Å². The van der Waals surface area contributed by atoms with Gasteiger partial charge in [-0.05, 0) is 31.2 Å². The van der Waals surface area contributed by atoms with Crippen LogP contribution in [0.3, 0.4) is 0 Å². The van der Waals surface area contributed by atoms with E-state index in [1.807, 2.05) is 25.1 Å². The number of hydroxylamine groups is 1. The summed E-state index contributed by atoms with van der Waals surface area (Å²) < 4.78 is 0. The molecular formula is C14H15N3O3S. The lowest BCUT2D eigenvalue weighted by atomic mass is 10.3. The lowest BCUT2D eigenvalue weighted by molar-refractivity contribution is 0.0711. The zero-order chi connectivity index (χ0) is 15.2. The van der Waals surface area contributed by atoms with Gasteiger partial charge in [0.25, 0.3) is 5.91 Å². The highest BCUT2D eigenvalue weighted by Gasteiger charge is 2.14. The van der Waals surface area contributed by atoms with Crippen molar-refractivity contribution >= 4 is 29.0 Å². The molecular weight excluding hydrogens is 290 g/mol. The molecule has 2 aromatic rings. The lowest BCUT2D eigenvalue weighted by Gasteiger charge is -2.13. The Balaban J connectivity index is 1.94. The van der Waals surface area contributed by atoms with Gasteiger partial charge in [-0.2, -0.15) is 0 Å². The van der Waals surface area contributed by atoms with Gasteiger partial charge in [0.05, 0.1) is 10.9 Å². The van der Waals surface area contributed by atoms with Crippen LogP contribution in [0.1, 0.15) is 27.5 Å². The fraction of sp³-hybridized carbons (Fsp3) is 0.143. The molecule has 2 rings (SSSR count). The molecule has 6 nitrogen and oxygen atoms in total. The molecule has 0 aliphatic rings. The number of hydrogen-bond donors (Lipinski definition) is 4. The topological polar surface area (TPSA) is 90.5 Å². The number of thiophene rings is 1. The van der Waals surface area contributed by atoms with E-state index in [1.54, 1.807) is 29.7 Å². The molecule has 0 fully saturated rings. The quantitative estimate of drug-likeness (QED) is 0.517. The Morgan fingerprint density at radius 2 is 1.86 bits per heavy atom. The van der Waals surface area contributed by atoms with E-state index in [0.29, 0.717) is 10.6 Å². The van der Waals surface area contributed by atoms with E-state index in [0.717, 1.165) is 4.88 Å². The van der Waals surface area contributed by atoms with Gasteiger partial charge < -0.3 is 10.6 Å². The van der Waals surface area contributed by atoms with E-state index in [2.05, 4.69) is 10.6 Å². The second kappa shape index (κ2) is 6.87.